The van der Waals surface area contributed by atoms with Gasteiger partial charge in [0.2, 0.25) is 11.8 Å². The lowest BCUT2D eigenvalue weighted by Gasteiger charge is -2.10. The number of nitrogens with zero attached hydrogens (tertiary/aromatic N) is 2. The molecule has 0 spiro atoms. The topological polar surface area (TPSA) is 92.2 Å². The van der Waals surface area contributed by atoms with Crippen molar-refractivity contribution < 1.29 is 14.3 Å². The third kappa shape index (κ3) is 4.85. The van der Waals surface area contributed by atoms with E-state index in [4.69, 9.17) is 4.74 Å². The van der Waals surface area contributed by atoms with Gasteiger partial charge in [-0.25, -0.2) is 0 Å². The van der Waals surface area contributed by atoms with Crippen molar-refractivity contribution in [1.29, 1.82) is 0 Å². The first kappa shape index (κ1) is 18.4. The Morgan fingerprint density at radius 1 is 1.27 bits per heavy atom. The van der Waals surface area contributed by atoms with Gasteiger partial charge >= 0.3 is 0 Å². The van der Waals surface area contributed by atoms with Gasteiger partial charge in [-0.1, -0.05) is 30.3 Å². The van der Waals surface area contributed by atoms with Crippen LogP contribution < -0.4 is 15.4 Å². The fourth-order valence-electron chi connectivity index (χ4n) is 2.88. The van der Waals surface area contributed by atoms with Crippen molar-refractivity contribution >= 4 is 40.1 Å². The van der Waals surface area contributed by atoms with E-state index in [1.807, 2.05) is 12.1 Å². The summed E-state index contributed by atoms with van der Waals surface area (Å²) in [4.78, 5) is 24.3. The van der Waals surface area contributed by atoms with Crippen LogP contribution in [0.1, 0.15) is 38.5 Å². The van der Waals surface area contributed by atoms with Crippen molar-refractivity contribution in [2.45, 2.75) is 43.8 Å². The lowest BCUT2D eigenvalue weighted by Crippen LogP contribution is -2.28. The highest BCUT2D eigenvalue weighted by Crippen LogP contribution is 2.26. The Bertz CT molecular complexity index is 740. The lowest BCUT2D eigenvalue weighted by molar-refractivity contribution is -0.122. The Hall–Kier alpha value is -2.35. The summed E-state index contributed by atoms with van der Waals surface area (Å²) in [5.41, 5.74) is 1.66. The number of methoxy groups -OCH3 is 1. The van der Waals surface area contributed by atoms with Gasteiger partial charge in [-0.3, -0.25) is 9.59 Å². The summed E-state index contributed by atoms with van der Waals surface area (Å²) in [6, 6.07) is 7.16. The number of amidine groups is 1. The maximum Gasteiger partial charge on any atom is 0.240 e. The lowest BCUT2D eigenvalue weighted by atomic mass is 9.99. The van der Waals surface area contributed by atoms with Crippen molar-refractivity contribution in [3.8, 4) is 5.75 Å². The Balaban J connectivity index is 1.56. The number of hydrogen-bond acceptors (Lipinski definition) is 6. The number of para-hydroxylation sites is 2. The number of ether oxygens (including phenoxy) is 1. The number of benzene rings is 1. The second-order valence-electron chi connectivity index (χ2n) is 6.18. The van der Waals surface area contributed by atoms with E-state index < -0.39 is 5.25 Å². The summed E-state index contributed by atoms with van der Waals surface area (Å²) >= 11 is 1.25. The van der Waals surface area contributed by atoms with E-state index in [2.05, 4.69) is 20.8 Å². The van der Waals surface area contributed by atoms with E-state index in [0.29, 0.717) is 16.6 Å². The molecule has 1 heterocycles. The second kappa shape index (κ2) is 8.84. The van der Waals surface area contributed by atoms with Gasteiger partial charge in [-0.15, -0.1) is 5.10 Å². The van der Waals surface area contributed by atoms with Gasteiger partial charge < -0.3 is 15.4 Å². The van der Waals surface area contributed by atoms with E-state index in [9.17, 15) is 9.59 Å². The molecule has 2 N–H and O–H groups in total. The summed E-state index contributed by atoms with van der Waals surface area (Å²) in [6.45, 7) is 0. The molecule has 1 atom stereocenters. The maximum atomic E-state index is 12.3. The number of nitrogens with one attached hydrogen (secondary N) is 2. The standard InChI is InChI=1S/C18H22N4O3S/c1-25-14-10-6-5-9-13(14)19-16(23)11-15-17(24)20-18(26-15)22-21-12-7-3-2-4-8-12/h5-6,9-10,15H,2-4,7-8,11H2,1H3,(H,19,23)(H,20,22,24). The normalized spacial score (nSPS) is 21.4. The highest BCUT2D eigenvalue weighted by molar-refractivity contribution is 8.15. The zero-order valence-electron chi connectivity index (χ0n) is 14.7. The molecule has 1 aromatic carbocycles. The van der Waals surface area contributed by atoms with Crippen molar-refractivity contribution in [1.82, 2.24) is 5.32 Å². The Morgan fingerprint density at radius 3 is 2.81 bits per heavy atom. The molecule has 7 nitrogen and oxygen atoms in total. The van der Waals surface area contributed by atoms with Gasteiger partial charge in [0.15, 0.2) is 5.17 Å². The number of hydrogen-bond donors (Lipinski definition) is 2. The van der Waals surface area contributed by atoms with E-state index in [1.165, 1.54) is 18.2 Å². The predicted molar refractivity (Wildman–Crippen MR) is 104 cm³/mol. The molecule has 1 saturated carbocycles. The van der Waals surface area contributed by atoms with Crippen LogP contribution in [-0.2, 0) is 9.59 Å². The molecule has 0 radical (unpaired) electrons. The zero-order chi connectivity index (χ0) is 18.4. The Kier molecular flexibility index (Phi) is 6.27. The molecule has 0 aromatic heterocycles. The monoisotopic (exact) mass is 374 g/mol. The fourth-order valence-corrected chi connectivity index (χ4v) is 3.80. The minimum absolute atomic E-state index is 0.0597. The molecular weight excluding hydrogens is 352 g/mol. The molecule has 1 saturated heterocycles. The predicted octanol–water partition coefficient (Wildman–Crippen LogP) is 2.93. The summed E-state index contributed by atoms with van der Waals surface area (Å²) < 4.78 is 5.21. The Labute approximate surface area is 156 Å². The molecule has 2 fully saturated rings. The molecule has 138 valence electrons. The molecule has 8 heteroatoms. The van der Waals surface area contributed by atoms with Crippen LogP contribution in [0.5, 0.6) is 5.75 Å². The van der Waals surface area contributed by atoms with Crippen LogP contribution in [0.15, 0.2) is 34.5 Å². The van der Waals surface area contributed by atoms with E-state index in [0.717, 1.165) is 31.4 Å². The minimum Gasteiger partial charge on any atom is -0.495 e. The molecule has 1 aliphatic carbocycles. The maximum absolute atomic E-state index is 12.3. The number of amides is 2. The van der Waals surface area contributed by atoms with Crippen LogP contribution in [0.2, 0.25) is 0 Å². The van der Waals surface area contributed by atoms with Crippen LogP contribution in [0.4, 0.5) is 5.69 Å². The molecule has 3 rings (SSSR count). The van der Waals surface area contributed by atoms with Gasteiger partial charge in [0, 0.05) is 12.1 Å². The molecule has 1 aliphatic heterocycles. The first-order valence-electron chi connectivity index (χ1n) is 8.69. The van der Waals surface area contributed by atoms with Crippen LogP contribution >= 0.6 is 11.8 Å². The van der Waals surface area contributed by atoms with Gasteiger partial charge in [0.1, 0.15) is 11.0 Å². The third-order valence-electron chi connectivity index (χ3n) is 4.24. The van der Waals surface area contributed by atoms with Crippen LogP contribution in [0, 0.1) is 0 Å². The first-order valence-corrected chi connectivity index (χ1v) is 9.57. The van der Waals surface area contributed by atoms with E-state index in [1.54, 1.807) is 19.2 Å². The van der Waals surface area contributed by atoms with E-state index >= 15 is 0 Å². The minimum atomic E-state index is -0.505. The molecular formula is C18H22N4O3S. The molecule has 1 aromatic rings. The smallest absolute Gasteiger partial charge is 0.240 e. The van der Waals surface area contributed by atoms with Crippen LogP contribution in [0.25, 0.3) is 0 Å². The van der Waals surface area contributed by atoms with Gasteiger partial charge in [0.05, 0.1) is 12.8 Å². The second-order valence-corrected chi connectivity index (χ2v) is 7.37. The molecule has 26 heavy (non-hydrogen) atoms. The quantitative estimate of drug-likeness (QED) is 0.775. The average Bonchev–Trinajstić information content (AvgIpc) is 3.00. The molecule has 2 aliphatic rings. The summed E-state index contributed by atoms with van der Waals surface area (Å²) in [7, 11) is 1.54. The first-order chi connectivity index (χ1) is 12.7. The number of carbonyl (C=O) groups is 2. The van der Waals surface area contributed by atoms with Crippen molar-refractivity contribution in [2.75, 3.05) is 12.4 Å². The highest BCUT2D eigenvalue weighted by Gasteiger charge is 2.32. The molecule has 2 amide bonds. The van der Waals surface area contributed by atoms with Gasteiger partial charge in [-0.2, -0.15) is 5.10 Å². The number of thioether (sulfide) groups is 1. The van der Waals surface area contributed by atoms with Gasteiger partial charge in [0.25, 0.3) is 0 Å². The largest absolute Gasteiger partial charge is 0.495 e. The Morgan fingerprint density at radius 2 is 2.04 bits per heavy atom. The third-order valence-corrected chi connectivity index (χ3v) is 5.31. The summed E-state index contributed by atoms with van der Waals surface area (Å²) in [5, 5.41) is 13.8. The SMILES string of the molecule is COc1ccccc1NC(=O)CC1S/C(=N\N=C2CCCCC2)NC1=O. The zero-order valence-corrected chi connectivity index (χ0v) is 15.5. The summed E-state index contributed by atoms with van der Waals surface area (Å²) in [6.07, 6.45) is 5.54. The number of anilines is 1. The highest BCUT2D eigenvalue weighted by atomic mass is 32.2. The average molecular weight is 374 g/mol. The van der Waals surface area contributed by atoms with Crippen molar-refractivity contribution in [2.24, 2.45) is 10.2 Å². The molecule has 1 unspecified atom stereocenters. The number of carbonyl (C=O) groups excluding carboxylic acids is 2. The van der Waals surface area contributed by atoms with Gasteiger partial charge in [-0.05, 0) is 37.8 Å². The summed E-state index contributed by atoms with van der Waals surface area (Å²) in [5.74, 6) is 0.115. The molecule has 0 bridgehead atoms. The van der Waals surface area contributed by atoms with Crippen LogP contribution in [-0.4, -0.2) is 35.1 Å². The van der Waals surface area contributed by atoms with Crippen molar-refractivity contribution in [3.05, 3.63) is 24.3 Å². The van der Waals surface area contributed by atoms with Crippen LogP contribution in [0.3, 0.4) is 0 Å². The fraction of sp³-hybridized carbons (Fsp3) is 0.444. The number of rotatable bonds is 5. The van der Waals surface area contributed by atoms with E-state index in [-0.39, 0.29) is 18.2 Å². The van der Waals surface area contributed by atoms with Crippen molar-refractivity contribution in [3.63, 3.8) is 0 Å².